The largest absolute Gasteiger partial charge is 0.370 e. The summed E-state index contributed by atoms with van der Waals surface area (Å²) in [5.74, 6) is 0.366. The van der Waals surface area contributed by atoms with Crippen molar-refractivity contribution in [2.24, 2.45) is 10.7 Å². The molecule has 2 aromatic rings. The molecule has 2 rings (SSSR count). The smallest absolute Gasteiger partial charge is 0.189 e. The summed E-state index contributed by atoms with van der Waals surface area (Å²) < 4.78 is 0. The highest BCUT2D eigenvalue weighted by molar-refractivity contribution is 14.0. The van der Waals surface area contributed by atoms with E-state index in [1.807, 2.05) is 19.1 Å². The van der Waals surface area contributed by atoms with Gasteiger partial charge in [0.05, 0.1) is 6.04 Å². The number of rotatable bonds is 5. The molecule has 4 nitrogen and oxygen atoms in total. The second kappa shape index (κ2) is 10.3. The number of nitrogens with two attached hydrogens (primary N) is 1. The number of hydrogen-bond acceptors (Lipinski definition) is 2. The first-order chi connectivity index (χ1) is 11.0. The number of aliphatic imine (C=N–C) groups is 1. The van der Waals surface area contributed by atoms with Crippen LogP contribution in [0.4, 0.5) is 0 Å². The zero-order valence-electron chi connectivity index (χ0n) is 13.0. The fraction of sp³-hybridized carbons (Fsp3) is 0.250. The molecule has 0 aliphatic carbocycles. The topological polar surface area (TPSA) is 63.3 Å². The molecule has 0 aliphatic heterocycles. The lowest BCUT2D eigenvalue weighted by Gasteiger charge is -2.16. The number of guanidine groups is 1. The standard InChI is InChI=1S/C16H17Cl3N4.HI/c1-10(13-4-3-12(17)8-14(13)18)23-16(20)21-7-6-11-2-5-15(19)22-9-11;/h2-5,8-10H,6-7H2,1H3,(H3,20,21,23);1H. The first kappa shape index (κ1) is 21.3. The second-order valence-corrected chi connectivity index (χ2v) is 6.27. The maximum Gasteiger partial charge on any atom is 0.189 e. The van der Waals surface area contributed by atoms with Gasteiger partial charge >= 0.3 is 0 Å². The van der Waals surface area contributed by atoms with Crippen LogP contribution in [0.25, 0.3) is 0 Å². The Labute approximate surface area is 173 Å². The summed E-state index contributed by atoms with van der Waals surface area (Å²) in [6.45, 7) is 2.52. The molecular weight excluding hydrogens is 481 g/mol. The highest BCUT2D eigenvalue weighted by atomic mass is 127. The summed E-state index contributed by atoms with van der Waals surface area (Å²) in [7, 11) is 0. The van der Waals surface area contributed by atoms with Crippen LogP contribution in [-0.4, -0.2) is 17.5 Å². The highest BCUT2D eigenvalue weighted by Gasteiger charge is 2.10. The molecule has 1 aromatic heterocycles. The van der Waals surface area contributed by atoms with Gasteiger partial charge < -0.3 is 11.1 Å². The SMILES string of the molecule is CC(NC(N)=NCCc1ccc(Cl)nc1)c1ccc(Cl)cc1Cl.I. The maximum absolute atomic E-state index is 6.18. The Kier molecular flexibility index (Phi) is 9.12. The third-order valence-corrected chi connectivity index (χ3v) is 4.05. The number of benzene rings is 1. The zero-order valence-corrected chi connectivity index (χ0v) is 17.6. The number of nitrogens with one attached hydrogen (secondary N) is 1. The highest BCUT2D eigenvalue weighted by Crippen LogP contribution is 2.25. The van der Waals surface area contributed by atoms with Crippen molar-refractivity contribution in [2.45, 2.75) is 19.4 Å². The van der Waals surface area contributed by atoms with E-state index in [0.717, 1.165) is 17.5 Å². The molecule has 1 aromatic carbocycles. The van der Waals surface area contributed by atoms with E-state index < -0.39 is 0 Å². The molecule has 24 heavy (non-hydrogen) atoms. The molecule has 0 amide bonds. The van der Waals surface area contributed by atoms with Crippen LogP contribution in [0.2, 0.25) is 15.2 Å². The molecule has 0 saturated carbocycles. The van der Waals surface area contributed by atoms with Gasteiger partial charge in [0.2, 0.25) is 0 Å². The third kappa shape index (κ3) is 6.63. The predicted octanol–water partition coefficient (Wildman–Crippen LogP) is 4.87. The van der Waals surface area contributed by atoms with Crippen molar-refractivity contribution in [1.82, 2.24) is 10.3 Å². The molecule has 0 radical (unpaired) electrons. The Morgan fingerprint density at radius 1 is 1.25 bits per heavy atom. The van der Waals surface area contributed by atoms with Crippen molar-refractivity contribution in [3.05, 3.63) is 62.9 Å². The second-order valence-electron chi connectivity index (χ2n) is 5.04. The number of hydrogen-bond donors (Lipinski definition) is 2. The van der Waals surface area contributed by atoms with E-state index in [1.54, 1.807) is 24.4 Å². The van der Waals surface area contributed by atoms with Crippen LogP contribution in [0.15, 0.2) is 41.5 Å². The molecule has 3 N–H and O–H groups in total. The van der Waals surface area contributed by atoms with Crippen LogP contribution in [0.5, 0.6) is 0 Å². The van der Waals surface area contributed by atoms with Crippen LogP contribution in [0.3, 0.4) is 0 Å². The van der Waals surface area contributed by atoms with Gasteiger partial charge in [0, 0.05) is 22.8 Å². The van der Waals surface area contributed by atoms with Gasteiger partial charge in [0.25, 0.3) is 0 Å². The average Bonchev–Trinajstić information content (AvgIpc) is 2.49. The van der Waals surface area contributed by atoms with Gasteiger partial charge in [-0.05, 0) is 42.7 Å². The van der Waals surface area contributed by atoms with E-state index in [-0.39, 0.29) is 30.0 Å². The molecule has 0 fully saturated rings. The molecule has 1 unspecified atom stereocenters. The van der Waals surface area contributed by atoms with Crippen LogP contribution in [0, 0.1) is 0 Å². The summed E-state index contributed by atoms with van der Waals surface area (Å²) in [5, 5.41) is 4.79. The van der Waals surface area contributed by atoms with Gasteiger partial charge in [-0.15, -0.1) is 24.0 Å². The van der Waals surface area contributed by atoms with E-state index in [1.165, 1.54) is 0 Å². The van der Waals surface area contributed by atoms with Gasteiger partial charge in [0.1, 0.15) is 5.15 Å². The molecular formula is C16H18Cl3IN4. The Hall–Kier alpha value is -0.760. The maximum atomic E-state index is 6.18. The molecule has 0 saturated heterocycles. The van der Waals surface area contributed by atoms with Gasteiger partial charge in [-0.25, -0.2) is 4.98 Å². The van der Waals surface area contributed by atoms with Crippen LogP contribution in [-0.2, 0) is 6.42 Å². The Morgan fingerprint density at radius 3 is 2.62 bits per heavy atom. The van der Waals surface area contributed by atoms with E-state index in [2.05, 4.69) is 15.3 Å². The number of pyridine rings is 1. The number of nitrogens with zero attached hydrogens (tertiary/aromatic N) is 2. The van der Waals surface area contributed by atoms with Crippen LogP contribution in [0.1, 0.15) is 24.1 Å². The van der Waals surface area contributed by atoms with Crippen LogP contribution < -0.4 is 11.1 Å². The van der Waals surface area contributed by atoms with Crippen molar-refractivity contribution < 1.29 is 0 Å². The minimum absolute atomic E-state index is 0. The van der Waals surface area contributed by atoms with E-state index >= 15 is 0 Å². The summed E-state index contributed by atoms with van der Waals surface area (Å²) in [6.07, 6.45) is 2.47. The summed E-state index contributed by atoms with van der Waals surface area (Å²) in [4.78, 5) is 8.33. The first-order valence-electron chi connectivity index (χ1n) is 7.07. The van der Waals surface area contributed by atoms with Crippen molar-refractivity contribution in [3.63, 3.8) is 0 Å². The molecule has 0 spiro atoms. The van der Waals surface area contributed by atoms with Crippen molar-refractivity contribution in [1.29, 1.82) is 0 Å². The van der Waals surface area contributed by atoms with E-state index in [0.29, 0.717) is 27.7 Å². The summed E-state index contributed by atoms with van der Waals surface area (Å²) >= 11 is 17.8. The number of halogens is 4. The average molecular weight is 500 g/mol. The molecule has 1 heterocycles. The van der Waals surface area contributed by atoms with Gasteiger partial charge in [-0.2, -0.15) is 0 Å². The van der Waals surface area contributed by atoms with Gasteiger partial charge in [0.15, 0.2) is 5.96 Å². The van der Waals surface area contributed by atoms with E-state index in [4.69, 9.17) is 40.5 Å². The molecule has 0 aliphatic rings. The van der Waals surface area contributed by atoms with E-state index in [9.17, 15) is 0 Å². The van der Waals surface area contributed by atoms with Crippen molar-refractivity contribution in [2.75, 3.05) is 6.54 Å². The Balaban J connectivity index is 0.00000288. The lowest BCUT2D eigenvalue weighted by molar-refractivity contribution is 0.707. The summed E-state index contributed by atoms with van der Waals surface area (Å²) in [6, 6.07) is 8.98. The van der Waals surface area contributed by atoms with Gasteiger partial charge in [-0.1, -0.05) is 46.9 Å². The molecule has 8 heteroatoms. The van der Waals surface area contributed by atoms with Gasteiger partial charge in [-0.3, -0.25) is 4.99 Å². The summed E-state index contributed by atoms with van der Waals surface area (Å²) in [5.41, 5.74) is 7.88. The minimum atomic E-state index is -0.0688. The zero-order chi connectivity index (χ0) is 16.8. The van der Waals surface area contributed by atoms with Crippen molar-refractivity contribution >= 4 is 64.7 Å². The Bertz CT molecular complexity index is 692. The third-order valence-electron chi connectivity index (χ3n) is 3.26. The lowest BCUT2D eigenvalue weighted by atomic mass is 10.1. The molecule has 1 atom stereocenters. The normalized spacial score (nSPS) is 12.4. The molecule has 130 valence electrons. The van der Waals surface area contributed by atoms with Crippen LogP contribution >= 0.6 is 58.8 Å². The first-order valence-corrected chi connectivity index (χ1v) is 8.21. The Morgan fingerprint density at radius 2 is 2.00 bits per heavy atom. The number of aromatic nitrogens is 1. The fourth-order valence-corrected chi connectivity index (χ4v) is 2.74. The monoisotopic (exact) mass is 498 g/mol. The predicted molar refractivity (Wildman–Crippen MR) is 113 cm³/mol. The lowest BCUT2D eigenvalue weighted by Crippen LogP contribution is -2.34. The quantitative estimate of drug-likeness (QED) is 0.267. The van der Waals surface area contributed by atoms with Crippen molar-refractivity contribution in [3.8, 4) is 0 Å². The molecule has 0 bridgehead atoms. The fourth-order valence-electron chi connectivity index (χ4n) is 2.06. The minimum Gasteiger partial charge on any atom is -0.370 e.